The highest BCUT2D eigenvalue weighted by molar-refractivity contribution is 8.00. The molecule has 1 heterocycles. The van der Waals surface area contributed by atoms with Gasteiger partial charge in [0.25, 0.3) is 0 Å². The zero-order valence-corrected chi connectivity index (χ0v) is 17.5. The largest absolute Gasteiger partial charge is 0.481 e. The summed E-state index contributed by atoms with van der Waals surface area (Å²) in [7, 11) is 0. The molecular formula is C22H42O2S. The van der Waals surface area contributed by atoms with Crippen molar-refractivity contribution in [3.63, 3.8) is 0 Å². The SMILES string of the molecule is CCCCCCCC1CCC(CCCCCCCCCCC(=O)O)S1. The molecule has 0 radical (unpaired) electrons. The minimum absolute atomic E-state index is 0.346. The normalized spacial score (nSPS) is 20.2. The summed E-state index contributed by atoms with van der Waals surface area (Å²) in [5, 5.41) is 10.5. The molecule has 0 amide bonds. The third-order valence-corrected chi connectivity index (χ3v) is 7.20. The van der Waals surface area contributed by atoms with Crippen molar-refractivity contribution in [2.24, 2.45) is 0 Å². The average Bonchev–Trinajstić information content (AvgIpc) is 3.04. The first-order valence-corrected chi connectivity index (χ1v) is 12.0. The van der Waals surface area contributed by atoms with Crippen molar-refractivity contribution in [2.45, 2.75) is 133 Å². The van der Waals surface area contributed by atoms with Crippen LogP contribution in [0.3, 0.4) is 0 Å². The van der Waals surface area contributed by atoms with E-state index >= 15 is 0 Å². The van der Waals surface area contributed by atoms with Gasteiger partial charge >= 0.3 is 5.97 Å². The monoisotopic (exact) mass is 370 g/mol. The molecule has 2 nitrogen and oxygen atoms in total. The number of unbranched alkanes of at least 4 members (excludes halogenated alkanes) is 11. The van der Waals surface area contributed by atoms with Gasteiger partial charge in [0.05, 0.1) is 0 Å². The summed E-state index contributed by atoms with van der Waals surface area (Å²) < 4.78 is 0. The van der Waals surface area contributed by atoms with Crippen molar-refractivity contribution in [3.8, 4) is 0 Å². The molecule has 1 N–H and O–H groups in total. The Bertz CT molecular complexity index is 319. The maximum absolute atomic E-state index is 10.4. The van der Waals surface area contributed by atoms with Crippen LogP contribution in [0.25, 0.3) is 0 Å². The predicted molar refractivity (Wildman–Crippen MR) is 112 cm³/mol. The Hall–Kier alpha value is -0.180. The third kappa shape index (κ3) is 13.7. The van der Waals surface area contributed by atoms with Crippen LogP contribution >= 0.6 is 11.8 Å². The van der Waals surface area contributed by atoms with Crippen LogP contribution < -0.4 is 0 Å². The van der Waals surface area contributed by atoms with Gasteiger partial charge in [-0.15, -0.1) is 0 Å². The molecule has 1 aliphatic heterocycles. The molecule has 0 aromatic rings. The first kappa shape index (κ1) is 22.9. The number of carboxylic acid groups (broad SMARTS) is 1. The fourth-order valence-corrected chi connectivity index (χ4v) is 5.58. The van der Waals surface area contributed by atoms with E-state index < -0.39 is 5.97 Å². The fraction of sp³-hybridized carbons (Fsp3) is 0.955. The molecule has 2 unspecified atom stereocenters. The van der Waals surface area contributed by atoms with Gasteiger partial charge in [-0.2, -0.15) is 11.8 Å². The van der Waals surface area contributed by atoms with Crippen molar-refractivity contribution in [1.29, 1.82) is 0 Å². The highest BCUT2D eigenvalue weighted by Gasteiger charge is 2.24. The van der Waals surface area contributed by atoms with Crippen LogP contribution in [0.5, 0.6) is 0 Å². The summed E-state index contributed by atoms with van der Waals surface area (Å²) in [5.41, 5.74) is 0. The molecule has 25 heavy (non-hydrogen) atoms. The van der Waals surface area contributed by atoms with Gasteiger partial charge in [0.15, 0.2) is 0 Å². The van der Waals surface area contributed by atoms with Crippen LogP contribution in [0.2, 0.25) is 0 Å². The second kappa shape index (κ2) is 16.0. The smallest absolute Gasteiger partial charge is 0.303 e. The summed E-state index contributed by atoms with van der Waals surface area (Å²) in [5.74, 6) is -0.650. The Morgan fingerprint density at radius 2 is 1.20 bits per heavy atom. The van der Waals surface area contributed by atoms with Gasteiger partial charge in [-0.1, -0.05) is 84.0 Å². The van der Waals surface area contributed by atoms with Gasteiger partial charge < -0.3 is 5.11 Å². The third-order valence-electron chi connectivity index (χ3n) is 5.49. The van der Waals surface area contributed by atoms with E-state index in [2.05, 4.69) is 18.7 Å². The van der Waals surface area contributed by atoms with Crippen LogP contribution in [0.1, 0.15) is 122 Å². The van der Waals surface area contributed by atoms with E-state index in [0.29, 0.717) is 6.42 Å². The van der Waals surface area contributed by atoms with Crippen LogP contribution in [0, 0.1) is 0 Å². The Balaban J connectivity index is 1.82. The number of hydrogen-bond donors (Lipinski definition) is 1. The molecule has 0 aromatic heterocycles. The minimum Gasteiger partial charge on any atom is -0.481 e. The molecule has 1 rings (SSSR count). The second-order valence-electron chi connectivity index (χ2n) is 7.92. The molecule has 0 aliphatic carbocycles. The number of rotatable bonds is 17. The maximum atomic E-state index is 10.4. The topological polar surface area (TPSA) is 37.3 Å². The quantitative estimate of drug-likeness (QED) is 0.268. The van der Waals surface area contributed by atoms with Crippen LogP contribution in [-0.4, -0.2) is 21.6 Å². The summed E-state index contributed by atoms with van der Waals surface area (Å²) >= 11 is 2.31. The average molecular weight is 371 g/mol. The summed E-state index contributed by atoms with van der Waals surface area (Å²) in [6.45, 7) is 2.29. The molecule has 0 spiro atoms. The molecule has 0 saturated carbocycles. The molecule has 0 bridgehead atoms. The van der Waals surface area contributed by atoms with Crippen molar-refractivity contribution in [3.05, 3.63) is 0 Å². The molecule has 2 atom stereocenters. The first-order chi connectivity index (χ1) is 12.2. The molecule has 148 valence electrons. The van der Waals surface area contributed by atoms with Gasteiger partial charge in [0, 0.05) is 16.9 Å². The molecule has 1 fully saturated rings. The highest BCUT2D eigenvalue weighted by Crippen LogP contribution is 2.39. The van der Waals surface area contributed by atoms with E-state index in [9.17, 15) is 4.79 Å². The number of hydrogen-bond acceptors (Lipinski definition) is 2. The molecule has 1 saturated heterocycles. The number of carbonyl (C=O) groups is 1. The van der Waals surface area contributed by atoms with Gasteiger partial charge in [0.1, 0.15) is 0 Å². The van der Waals surface area contributed by atoms with E-state index in [0.717, 1.165) is 23.3 Å². The Labute approximate surface area is 160 Å². The second-order valence-corrected chi connectivity index (χ2v) is 9.53. The Morgan fingerprint density at radius 3 is 1.68 bits per heavy atom. The van der Waals surface area contributed by atoms with Gasteiger partial charge in [-0.05, 0) is 32.1 Å². The van der Waals surface area contributed by atoms with Crippen molar-refractivity contribution in [1.82, 2.24) is 0 Å². The molecular weight excluding hydrogens is 328 g/mol. The molecule has 0 aromatic carbocycles. The highest BCUT2D eigenvalue weighted by atomic mass is 32.2. The van der Waals surface area contributed by atoms with Crippen molar-refractivity contribution < 1.29 is 9.90 Å². The van der Waals surface area contributed by atoms with E-state index in [1.54, 1.807) is 0 Å². The van der Waals surface area contributed by atoms with Crippen LogP contribution in [0.15, 0.2) is 0 Å². The van der Waals surface area contributed by atoms with E-state index in [4.69, 9.17) is 5.11 Å². The maximum Gasteiger partial charge on any atom is 0.303 e. The summed E-state index contributed by atoms with van der Waals surface area (Å²) in [6, 6.07) is 0. The fourth-order valence-electron chi connectivity index (χ4n) is 3.89. The zero-order valence-electron chi connectivity index (χ0n) is 16.6. The Morgan fingerprint density at radius 1 is 0.760 bits per heavy atom. The minimum atomic E-state index is -0.650. The van der Waals surface area contributed by atoms with Gasteiger partial charge in [-0.25, -0.2) is 0 Å². The first-order valence-electron chi connectivity index (χ1n) is 11.1. The van der Waals surface area contributed by atoms with E-state index in [-0.39, 0.29) is 0 Å². The predicted octanol–water partition coefficient (Wildman–Crippen LogP) is 7.60. The van der Waals surface area contributed by atoms with Crippen LogP contribution in [0.4, 0.5) is 0 Å². The lowest BCUT2D eigenvalue weighted by molar-refractivity contribution is -0.137. The van der Waals surface area contributed by atoms with E-state index in [1.165, 1.54) is 96.3 Å². The Kier molecular flexibility index (Phi) is 14.7. The lowest BCUT2D eigenvalue weighted by atomic mass is 10.0. The summed E-state index contributed by atoms with van der Waals surface area (Å²) in [6.07, 6.45) is 23.3. The zero-order chi connectivity index (χ0) is 18.2. The van der Waals surface area contributed by atoms with Crippen molar-refractivity contribution >= 4 is 17.7 Å². The van der Waals surface area contributed by atoms with Gasteiger partial charge in [-0.3, -0.25) is 4.79 Å². The number of thioether (sulfide) groups is 1. The number of carboxylic acids is 1. The lowest BCUT2D eigenvalue weighted by Gasteiger charge is -2.11. The van der Waals surface area contributed by atoms with E-state index in [1.807, 2.05) is 0 Å². The summed E-state index contributed by atoms with van der Waals surface area (Å²) in [4.78, 5) is 10.4. The van der Waals surface area contributed by atoms with Crippen LogP contribution in [-0.2, 0) is 4.79 Å². The van der Waals surface area contributed by atoms with Gasteiger partial charge in [0.2, 0.25) is 0 Å². The lowest BCUT2D eigenvalue weighted by Crippen LogP contribution is -1.98. The van der Waals surface area contributed by atoms with Crippen molar-refractivity contribution in [2.75, 3.05) is 0 Å². The standard InChI is InChI=1S/C22H42O2S/c1-2-3-4-9-12-15-20-18-19-21(25-20)16-13-10-7-5-6-8-11-14-17-22(23)24/h20-21H,2-19H2,1H3,(H,23,24). The number of aliphatic carboxylic acids is 1. The molecule has 3 heteroatoms. The molecule has 1 aliphatic rings.